The molecule has 0 bridgehead atoms. The number of aryl methyl sites for hydroxylation is 1. The third-order valence-electron chi connectivity index (χ3n) is 6.49. The first-order chi connectivity index (χ1) is 15.2. The van der Waals surface area contributed by atoms with Crippen molar-refractivity contribution in [3.8, 4) is 5.69 Å². The topological polar surface area (TPSA) is 74.2 Å². The summed E-state index contributed by atoms with van der Waals surface area (Å²) >= 11 is 0. The predicted octanol–water partition coefficient (Wildman–Crippen LogP) is 2.40. The monoisotopic (exact) mass is 417 g/mol. The van der Waals surface area contributed by atoms with Crippen molar-refractivity contribution in [3.63, 3.8) is 0 Å². The van der Waals surface area contributed by atoms with Gasteiger partial charge < -0.3 is 9.80 Å². The number of aromatic amines is 1. The number of pyridine rings is 1. The molecule has 160 valence electrons. The molecule has 1 aliphatic heterocycles. The standard InChI is InChI=1S/C24H27N5O2/c30-23(28-16-14-27(15-17-28)22-8-4-5-13-25-22)18-9-11-20-21(12-10-18)26-29(24(20)31)19-6-2-1-3-7-19/h1-8,13,18,26H,9-12,14-17H2. The molecule has 31 heavy (non-hydrogen) atoms. The first-order valence-electron chi connectivity index (χ1n) is 11.0. The minimum atomic E-state index is -0.0215. The Hall–Kier alpha value is -3.35. The van der Waals surface area contributed by atoms with Crippen LogP contribution in [0.5, 0.6) is 0 Å². The number of rotatable bonds is 3. The predicted molar refractivity (Wildman–Crippen MR) is 120 cm³/mol. The van der Waals surface area contributed by atoms with Gasteiger partial charge in [-0.2, -0.15) is 0 Å². The number of para-hydroxylation sites is 1. The molecule has 1 amide bonds. The summed E-state index contributed by atoms with van der Waals surface area (Å²) in [5.74, 6) is 1.18. The maximum absolute atomic E-state index is 13.2. The van der Waals surface area contributed by atoms with Crippen LogP contribution in [-0.4, -0.2) is 51.8 Å². The largest absolute Gasteiger partial charge is 0.353 e. The van der Waals surface area contributed by atoms with Gasteiger partial charge in [-0.05, 0) is 49.9 Å². The van der Waals surface area contributed by atoms with E-state index in [9.17, 15) is 9.59 Å². The molecule has 7 nitrogen and oxygen atoms in total. The van der Waals surface area contributed by atoms with Crippen molar-refractivity contribution in [2.45, 2.75) is 25.7 Å². The van der Waals surface area contributed by atoms with Crippen LogP contribution in [0.2, 0.25) is 0 Å². The van der Waals surface area contributed by atoms with Crippen LogP contribution in [-0.2, 0) is 17.6 Å². The van der Waals surface area contributed by atoms with Crippen LogP contribution in [0, 0.1) is 5.92 Å². The molecule has 1 aromatic carbocycles. The van der Waals surface area contributed by atoms with Gasteiger partial charge in [-0.15, -0.1) is 0 Å². The molecule has 1 unspecified atom stereocenters. The number of hydrogen-bond donors (Lipinski definition) is 1. The molecule has 1 aliphatic carbocycles. The normalized spacial score (nSPS) is 19.0. The summed E-state index contributed by atoms with van der Waals surface area (Å²) in [4.78, 5) is 34.8. The Balaban J connectivity index is 1.23. The fourth-order valence-electron chi connectivity index (χ4n) is 4.72. The number of hydrogen-bond acceptors (Lipinski definition) is 4. The van der Waals surface area contributed by atoms with Crippen LogP contribution in [0.15, 0.2) is 59.5 Å². The Bertz CT molecular complexity index is 1100. The summed E-state index contributed by atoms with van der Waals surface area (Å²) < 4.78 is 1.63. The Kier molecular flexibility index (Phi) is 5.32. The highest BCUT2D eigenvalue weighted by atomic mass is 16.2. The summed E-state index contributed by atoms with van der Waals surface area (Å²) in [6.07, 6.45) is 4.69. The minimum absolute atomic E-state index is 0.0123. The molecule has 2 aromatic heterocycles. The van der Waals surface area contributed by atoms with Crippen molar-refractivity contribution < 1.29 is 4.79 Å². The average molecular weight is 418 g/mol. The second kappa shape index (κ2) is 8.41. The van der Waals surface area contributed by atoms with E-state index in [1.54, 1.807) is 10.9 Å². The van der Waals surface area contributed by atoms with Gasteiger partial charge in [-0.3, -0.25) is 14.7 Å². The molecule has 7 heteroatoms. The number of aromatic nitrogens is 3. The van der Waals surface area contributed by atoms with Crippen LogP contribution < -0.4 is 10.5 Å². The Morgan fingerprint density at radius 3 is 2.42 bits per heavy atom. The maximum atomic E-state index is 13.2. The lowest BCUT2D eigenvalue weighted by molar-refractivity contribution is -0.136. The lowest BCUT2D eigenvalue weighted by Crippen LogP contribution is -2.50. The number of benzene rings is 1. The average Bonchev–Trinajstić information content (AvgIpc) is 3.01. The zero-order valence-electron chi connectivity index (χ0n) is 17.5. The molecule has 0 saturated carbocycles. The number of piperazine rings is 1. The molecule has 5 rings (SSSR count). The van der Waals surface area contributed by atoms with Gasteiger partial charge in [0, 0.05) is 49.6 Å². The lowest BCUT2D eigenvalue weighted by Gasteiger charge is -2.37. The van der Waals surface area contributed by atoms with Gasteiger partial charge >= 0.3 is 0 Å². The van der Waals surface area contributed by atoms with E-state index in [0.717, 1.165) is 68.2 Å². The molecule has 3 aromatic rings. The van der Waals surface area contributed by atoms with Crippen molar-refractivity contribution >= 4 is 11.7 Å². The molecule has 2 aliphatic rings. The van der Waals surface area contributed by atoms with Crippen LogP contribution in [0.1, 0.15) is 24.1 Å². The van der Waals surface area contributed by atoms with Crippen molar-refractivity contribution in [2.24, 2.45) is 5.92 Å². The van der Waals surface area contributed by atoms with E-state index in [1.165, 1.54) is 0 Å². The van der Waals surface area contributed by atoms with Gasteiger partial charge in [0.25, 0.3) is 5.56 Å². The molecule has 0 radical (unpaired) electrons. The molecule has 1 N–H and O–H groups in total. The van der Waals surface area contributed by atoms with E-state index < -0.39 is 0 Å². The Labute approximate surface area is 181 Å². The number of anilines is 1. The summed E-state index contributed by atoms with van der Waals surface area (Å²) in [6.45, 7) is 3.04. The van der Waals surface area contributed by atoms with Crippen molar-refractivity contribution in [1.29, 1.82) is 0 Å². The van der Waals surface area contributed by atoms with Gasteiger partial charge in [-0.1, -0.05) is 24.3 Å². The highest BCUT2D eigenvalue weighted by molar-refractivity contribution is 5.79. The maximum Gasteiger partial charge on any atom is 0.274 e. The van der Waals surface area contributed by atoms with E-state index in [4.69, 9.17) is 0 Å². The lowest BCUT2D eigenvalue weighted by atomic mass is 9.97. The van der Waals surface area contributed by atoms with Gasteiger partial charge in [0.15, 0.2) is 0 Å². The van der Waals surface area contributed by atoms with E-state index in [1.807, 2.05) is 53.4 Å². The number of H-pyrrole nitrogens is 1. The second-order valence-corrected chi connectivity index (χ2v) is 8.32. The number of fused-ring (bicyclic) bond motifs is 1. The van der Waals surface area contributed by atoms with E-state index in [-0.39, 0.29) is 17.4 Å². The first kappa shape index (κ1) is 19.6. The Morgan fingerprint density at radius 2 is 1.68 bits per heavy atom. The van der Waals surface area contributed by atoms with Gasteiger partial charge in [0.05, 0.1) is 5.69 Å². The van der Waals surface area contributed by atoms with Crippen LogP contribution >= 0.6 is 0 Å². The number of carbonyl (C=O) groups excluding carboxylic acids is 1. The SMILES string of the molecule is O=C(C1CCc2[nH]n(-c3ccccc3)c(=O)c2CC1)N1CCN(c2ccccn2)CC1. The third-order valence-corrected chi connectivity index (χ3v) is 6.49. The number of nitrogens with one attached hydrogen (secondary N) is 1. The van der Waals surface area contributed by atoms with E-state index in [2.05, 4.69) is 15.0 Å². The summed E-state index contributed by atoms with van der Waals surface area (Å²) in [6, 6.07) is 15.6. The second-order valence-electron chi connectivity index (χ2n) is 8.32. The van der Waals surface area contributed by atoms with Gasteiger partial charge in [0.2, 0.25) is 5.91 Å². The summed E-state index contributed by atoms with van der Waals surface area (Å²) in [5.41, 5.74) is 2.67. The minimum Gasteiger partial charge on any atom is -0.353 e. The zero-order chi connectivity index (χ0) is 21.2. The molecular weight excluding hydrogens is 390 g/mol. The molecule has 1 fully saturated rings. The highest BCUT2D eigenvalue weighted by Crippen LogP contribution is 2.25. The fraction of sp³-hybridized carbons (Fsp3) is 0.375. The van der Waals surface area contributed by atoms with Crippen molar-refractivity contribution in [1.82, 2.24) is 19.7 Å². The number of carbonyl (C=O) groups is 1. The summed E-state index contributed by atoms with van der Waals surface area (Å²) in [5, 5.41) is 3.29. The quantitative estimate of drug-likeness (QED) is 0.664. The molecule has 1 saturated heterocycles. The van der Waals surface area contributed by atoms with Crippen LogP contribution in [0.4, 0.5) is 5.82 Å². The van der Waals surface area contributed by atoms with E-state index in [0.29, 0.717) is 6.42 Å². The smallest absolute Gasteiger partial charge is 0.274 e. The van der Waals surface area contributed by atoms with Crippen LogP contribution in [0.25, 0.3) is 5.69 Å². The Morgan fingerprint density at radius 1 is 0.935 bits per heavy atom. The molecule has 1 atom stereocenters. The molecule has 0 spiro atoms. The highest BCUT2D eigenvalue weighted by Gasteiger charge is 2.30. The summed E-state index contributed by atoms with van der Waals surface area (Å²) in [7, 11) is 0. The fourth-order valence-corrected chi connectivity index (χ4v) is 4.72. The molecular formula is C24H27N5O2. The first-order valence-corrected chi connectivity index (χ1v) is 11.0. The zero-order valence-corrected chi connectivity index (χ0v) is 17.5. The van der Waals surface area contributed by atoms with Crippen LogP contribution in [0.3, 0.4) is 0 Å². The number of amides is 1. The van der Waals surface area contributed by atoms with Gasteiger partial charge in [-0.25, -0.2) is 9.67 Å². The van der Waals surface area contributed by atoms with Crippen molar-refractivity contribution in [2.75, 3.05) is 31.1 Å². The third kappa shape index (κ3) is 3.87. The molecule has 3 heterocycles. The van der Waals surface area contributed by atoms with Gasteiger partial charge in [0.1, 0.15) is 5.82 Å². The number of nitrogens with zero attached hydrogens (tertiary/aromatic N) is 4. The van der Waals surface area contributed by atoms with Crippen molar-refractivity contribution in [3.05, 3.63) is 76.3 Å². The van der Waals surface area contributed by atoms with E-state index >= 15 is 0 Å².